The zero-order valence-electron chi connectivity index (χ0n) is 14.3. The molecule has 1 fully saturated rings. The molecule has 1 unspecified atom stereocenters. The first kappa shape index (κ1) is 16.4. The summed E-state index contributed by atoms with van der Waals surface area (Å²) in [4.78, 5) is 23.2. The molecule has 0 aliphatic carbocycles. The van der Waals surface area contributed by atoms with Gasteiger partial charge in [0, 0.05) is 19.6 Å². The van der Waals surface area contributed by atoms with E-state index < -0.39 is 0 Å². The highest BCUT2D eigenvalue weighted by molar-refractivity contribution is 5.92. The number of carbonyl (C=O) groups excluding carboxylic acids is 1. The lowest BCUT2D eigenvalue weighted by atomic mass is 10.0. The maximum absolute atomic E-state index is 12.2. The summed E-state index contributed by atoms with van der Waals surface area (Å²) >= 11 is 0. The molecule has 1 saturated heterocycles. The molecule has 24 heavy (non-hydrogen) atoms. The van der Waals surface area contributed by atoms with Crippen LogP contribution in [0.2, 0.25) is 0 Å². The first-order valence-corrected chi connectivity index (χ1v) is 8.53. The number of rotatable bonds is 4. The SMILES string of the molecule is Cc1ccccc1CNC(=O)c1cnc(N2CCCC(C)C2)cn1. The van der Waals surface area contributed by atoms with Crippen molar-refractivity contribution in [3.8, 4) is 0 Å². The molecule has 0 saturated carbocycles. The lowest BCUT2D eigenvalue weighted by Crippen LogP contribution is -2.35. The van der Waals surface area contributed by atoms with Gasteiger partial charge in [-0.25, -0.2) is 9.97 Å². The maximum Gasteiger partial charge on any atom is 0.271 e. The van der Waals surface area contributed by atoms with Crippen molar-refractivity contribution in [1.82, 2.24) is 15.3 Å². The minimum absolute atomic E-state index is 0.190. The highest BCUT2D eigenvalue weighted by atomic mass is 16.1. The van der Waals surface area contributed by atoms with Gasteiger partial charge in [0.25, 0.3) is 5.91 Å². The van der Waals surface area contributed by atoms with Gasteiger partial charge >= 0.3 is 0 Å². The molecule has 1 aliphatic heterocycles. The monoisotopic (exact) mass is 324 g/mol. The van der Waals surface area contributed by atoms with Crippen molar-refractivity contribution in [3.05, 3.63) is 53.5 Å². The molecule has 0 radical (unpaired) electrons. The zero-order chi connectivity index (χ0) is 16.9. The van der Waals surface area contributed by atoms with Crippen molar-refractivity contribution in [2.45, 2.75) is 33.2 Å². The lowest BCUT2D eigenvalue weighted by Gasteiger charge is -2.31. The molecule has 1 amide bonds. The van der Waals surface area contributed by atoms with Gasteiger partial charge in [-0.05, 0) is 36.8 Å². The first-order chi connectivity index (χ1) is 11.6. The van der Waals surface area contributed by atoms with Crippen molar-refractivity contribution in [2.24, 2.45) is 5.92 Å². The molecule has 2 aromatic rings. The molecular formula is C19H24N4O. The number of nitrogens with zero attached hydrogens (tertiary/aromatic N) is 3. The van der Waals surface area contributed by atoms with Crippen molar-refractivity contribution in [2.75, 3.05) is 18.0 Å². The van der Waals surface area contributed by atoms with Gasteiger partial charge in [-0.3, -0.25) is 4.79 Å². The third kappa shape index (κ3) is 3.91. The highest BCUT2D eigenvalue weighted by Crippen LogP contribution is 2.20. The summed E-state index contributed by atoms with van der Waals surface area (Å²) in [6.45, 7) is 6.81. The Morgan fingerprint density at radius 3 is 2.83 bits per heavy atom. The number of carbonyl (C=O) groups is 1. The summed E-state index contributed by atoms with van der Waals surface area (Å²) < 4.78 is 0. The Morgan fingerprint density at radius 1 is 1.29 bits per heavy atom. The molecule has 3 rings (SSSR count). The second-order valence-electron chi connectivity index (χ2n) is 6.56. The van der Waals surface area contributed by atoms with Gasteiger partial charge in [0.2, 0.25) is 0 Å². The number of nitrogens with one attached hydrogen (secondary N) is 1. The predicted octanol–water partition coefficient (Wildman–Crippen LogP) is 2.95. The fraction of sp³-hybridized carbons (Fsp3) is 0.421. The summed E-state index contributed by atoms with van der Waals surface area (Å²) in [5, 5.41) is 2.91. The number of hydrogen-bond acceptors (Lipinski definition) is 4. The average Bonchev–Trinajstić information content (AvgIpc) is 2.61. The molecule has 5 heteroatoms. The average molecular weight is 324 g/mol. The van der Waals surface area contributed by atoms with Gasteiger partial charge in [0.1, 0.15) is 11.5 Å². The molecule has 1 aliphatic rings. The van der Waals surface area contributed by atoms with Crippen LogP contribution in [0.1, 0.15) is 41.4 Å². The second-order valence-corrected chi connectivity index (χ2v) is 6.56. The summed E-state index contributed by atoms with van der Waals surface area (Å²) in [7, 11) is 0. The smallest absolute Gasteiger partial charge is 0.271 e. The number of anilines is 1. The molecule has 1 atom stereocenters. The number of aromatic nitrogens is 2. The topological polar surface area (TPSA) is 58.1 Å². The van der Waals surface area contributed by atoms with Gasteiger partial charge in [-0.1, -0.05) is 31.2 Å². The van der Waals surface area contributed by atoms with Crippen LogP contribution in [-0.4, -0.2) is 29.0 Å². The van der Waals surface area contributed by atoms with E-state index in [0.29, 0.717) is 18.2 Å². The Hall–Kier alpha value is -2.43. The quantitative estimate of drug-likeness (QED) is 0.939. The molecule has 0 bridgehead atoms. The van der Waals surface area contributed by atoms with E-state index >= 15 is 0 Å². The normalized spacial score (nSPS) is 17.6. The molecule has 0 spiro atoms. The maximum atomic E-state index is 12.2. The van der Waals surface area contributed by atoms with Crippen LogP contribution in [0, 0.1) is 12.8 Å². The van der Waals surface area contributed by atoms with Crippen LogP contribution in [0.15, 0.2) is 36.7 Å². The van der Waals surface area contributed by atoms with Crippen molar-refractivity contribution in [1.29, 1.82) is 0 Å². The van der Waals surface area contributed by atoms with E-state index in [4.69, 9.17) is 0 Å². The molecule has 2 heterocycles. The lowest BCUT2D eigenvalue weighted by molar-refractivity contribution is 0.0945. The minimum Gasteiger partial charge on any atom is -0.355 e. The Bertz CT molecular complexity index is 699. The Balaban J connectivity index is 1.60. The van der Waals surface area contributed by atoms with Crippen LogP contribution < -0.4 is 10.2 Å². The molecule has 1 N–H and O–H groups in total. The van der Waals surface area contributed by atoms with E-state index in [-0.39, 0.29) is 5.91 Å². The van der Waals surface area contributed by atoms with Gasteiger partial charge < -0.3 is 10.2 Å². The van der Waals surface area contributed by atoms with Crippen LogP contribution in [-0.2, 0) is 6.54 Å². The molecule has 1 aromatic carbocycles. The van der Waals surface area contributed by atoms with Gasteiger partial charge in [0.05, 0.1) is 12.4 Å². The van der Waals surface area contributed by atoms with E-state index in [1.165, 1.54) is 18.4 Å². The zero-order valence-corrected chi connectivity index (χ0v) is 14.3. The van der Waals surface area contributed by atoms with Crippen molar-refractivity contribution in [3.63, 3.8) is 0 Å². The standard InChI is InChI=1S/C19H24N4O/c1-14-6-5-9-23(13-14)18-12-20-17(11-21-18)19(24)22-10-16-8-4-3-7-15(16)2/h3-4,7-8,11-12,14H,5-6,9-10,13H2,1-2H3,(H,22,24). The summed E-state index contributed by atoms with van der Waals surface area (Å²) in [5.74, 6) is 1.35. The molecule has 5 nitrogen and oxygen atoms in total. The Morgan fingerprint density at radius 2 is 2.12 bits per heavy atom. The molecule has 1 aromatic heterocycles. The van der Waals surface area contributed by atoms with Crippen molar-refractivity contribution < 1.29 is 4.79 Å². The van der Waals surface area contributed by atoms with E-state index in [2.05, 4.69) is 27.1 Å². The van der Waals surface area contributed by atoms with Crippen molar-refractivity contribution >= 4 is 11.7 Å². The third-order valence-corrected chi connectivity index (χ3v) is 4.55. The number of piperidine rings is 1. The minimum atomic E-state index is -0.190. The molecular weight excluding hydrogens is 300 g/mol. The van der Waals surface area contributed by atoms with E-state index in [0.717, 1.165) is 24.5 Å². The number of aryl methyl sites for hydroxylation is 1. The third-order valence-electron chi connectivity index (χ3n) is 4.55. The van der Waals surface area contributed by atoms with Gasteiger partial charge in [-0.2, -0.15) is 0 Å². The van der Waals surface area contributed by atoms with E-state index in [1.807, 2.05) is 31.2 Å². The highest BCUT2D eigenvalue weighted by Gasteiger charge is 2.18. The fourth-order valence-electron chi connectivity index (χ4n) is 3.07. The van der Waals surface area contributed by atoms with E-state index in [9.17, 15) is 4.79 Å². The summed E-state index contributed by atoms with van der Waals surface area (Å²) in [6.07, 6.45) is 5.73. The predicted molar refractivity (Wildman–Crippen MR) is 95.0 cm³/mol. The van der Waals surface area contributed by atoms with E-state index in [1.54, 1.807) is 12.4 Å². The van der Waals surface area contributed by atoms with Crippen LogP contribution in [0.3, 0.4) is 0 Å². The molecule has 126 valence electrons. The summed E-state index contributed by atoms with van der Waals surface area (Å²) in [5.41, 5.74) is 2.63. The van der Waals surface area contributed by atoms with Crippen LogP contribution >= 0.6 is 0 Å². The van der Waals surface area contributed by atoms with Crippen LogP contribution in [0.4, 0.5) is 5.82 Å². The van der Waals surface area contributed by atoms with Gasteiger partial charge in [0.15, 0.2) is 0 Å². The fourth-order valence-corrected chi connectivity index (χ4v) is 3.07. The van der Waals surface area contributed by atoms with Crippen LogP contribution in [0.5, 0.6) is 0 Å². The Kier molecular flexibility index (Phi) is 5.08. The number of hydrogen-bond donors (Lipinski definition) is 1. The second kappa shape index (κ2) is 7.43. The van der Waals surface area contributed by atoms with Gasteiger partial charge in [-0.15, -0.1) is 0 Å². The number of amides is 1. The number of benzene rings is 1. The summed E-state index contributed by atoms with van der Waals surface area (Å²) in [6, 6.07) is 8.02. The first-order valence-electron chi connectivity index (χ1n) is 8.53. The Labute approximate surface area is 143 Å². The van der Waals surface area contributed by atoms with Crippen LogP contribution in [0.25, 0.3) is 0 Å². The largest absolute Gasteiger partial charge is 0.355 e.